The Hall–Kier alpha value is -2.26. The zero-order valence-corrected chi connectivity index (χ0v) is 13.7. The van der Waals surface area contributed by atoms with Crippen LogP contribution in [0.1, 0.15) is 30.5 Å². The van der Waals surface area contributed by atoms with E-state index in [1.165, 1.54) is 26.0 Å². The number of benzene rings is 1. The molecule has 0 amide bonds. The molecule has 0 saturated carbocycles. The molecule has 1 rings (SSSR count). The maximum atomic E-state index is 13.5. The van der Waals surface area contributed by atoms with Crippen molar-refractivity contribution in [3.63, 3.8) is 0 Å². The van der Waals surface area contributed by atoms with Gasteiger partial charge in [-0.25, -0.2) is 0 Å². The Balaban J connectivity index is 4.12. The van der Waals surface area contributed by atoms with Crippen LogP contribution in [0.15, 0.2) is 0 Å². The Labute approximate surface area is 136 Å². The van der Waals surface area contributed by atoms with Gasteiger partial charge < -0.3 is 20.5 Å². The summed E-state index contributed by atoms with van der Waals surface area (Å²) in [4.78, 5) is 0. The molecular weight excluding hydrogens is 348 g/mol. The van der Waals surface area contributed by atoms with Crippen molar-refractivity contribution in [2.75, 3.05) is 24.7 Å². The van der Waals surface area contributed by atoms with Gasteiger partial charge in [-0.1, -0.05) is 0 Å². The maximum absolute atomic E-state index is 13.5. The number of nitrogen functional groups attached to an aromatic ring is 2. The molecule has 4 N–H and O–H groups in total. The van der Waals surface area contributed by atoms with Gasteiger partial charge in [0, 0.05) is 0 Å². The summed E-state index contributed by atoms with van der Waals surface area (Å²) < 4.78 is 63.3. The molecule has 11 heteroatoms. The standard InChI is InChI=1S/C13H14F3N4O3P/c1-3-22-24(21,23-4-2)12-9(13(14,15)16)7(5-17)10(19)8(6-18)11(12)20/h3-4,19-20H2,1-2H3. The van der Waals surface area contributed by atoms with Gasteiger partial charge >= 0.3 is 13.8 Å². The molecule has 130 valence electrons. The molecule has 0 saturated heterocycles. The van der Waals surface area contributed by atoms with E-state index in [4.69, 9.17) is 31.0 Å². The number of alkyl halides is 3. The molecule has 0 bridgehead atoms. The van der Waals surface area contributed by atoms with Gasteiger partial charge in [-0.05, 0) is 13.8 Å². The van der Waals surface area contributed by atoms with E-state index < -0.39 is 47.1 Å². The molecule has 7 nitrogen and oxygen atoms in total. The van der Waals surface area contributed by atoms with Crippen LogP contribution in [0, 0.1) is 22.7 Å². The Morgan fingerprint density at radius 3 is 1.83 bits per heavy atom. The molecule has 0 aliphatic carbocycles. The first-order valence-corrected chi connectivity index (χ1v) is 8.15. The van der Waals surface area contributed by atoms with Crippen LogP contribution in [-0.2, 0) is 19.8 Å². The summed E-state index contributed by atoms with van der Waals surface area (Å²) in [6.45, 7) is 2.29. The topological polar surface area (TPSA) is 135 Å². The minimum absolute atomic E-state index is 0.248. The monoisotopic (exact) mass is 362 g/mol. The third kappa shape index (κ3) is 3.31. The molecule has 1 aromatic carbocycles. The second kappa shape index (κ2) is 7.10. The molecular formula is C13H14F3N4O3P. The van der Waals surface area contributed by atoms with Crippen LogP contribution in [0.3, 0.4) is 0 Å². The minimum atomic E-state index is -5.12. The fourth-order valence-electron chi connectivity index (χ4n) is 2.08. The van der Waals surface area contributed by atoms with Gasteiger partial charge in [0.2, 0.25) is 0 Å². The quantitative estimate of drug-likeness (QED) is 0.607. The predicted molar refractivity (Wildman–Crippen MR) is 80.2 cm³/mol. The zero-order chi connectivity index (χ0) is 18.7. The maximum Gasteiger partial charge on any atom is 0.418 e. The predicted octanol–water partition coefficient (Wildman–Crippen LogP) is 2.50. The first-order valence-electron chi connectivity index (χ1n) is 6.60. The number of rotatable bonds is 5. The number of nitriles is 2. The molecule has 0 radical (unpaired) electrons. The SMILES string of the molecule is CCOP(=O)(OCC)c1c(N)c(C#N)c(N)c(C#N)c1C(F)(F)F. The Morgan fingerprint density at radius 1 is 1.04 bits per heavy atom. The van der Waals surface area contributed by atoms with Crippen molar-refractivity contribution in [3.05, 3.63) is 16.7 Å². The van der Waals surface area contributed by atoms with Crippen molar-refractivity contribution in [2.24, 2.45) is 0 Å². The van der Waals surface area contributed by atoms with Crippen molar-refractivity contribution in [1.82, 2.24) is 0 Å². The lowest BCUT2D eigenvalue weighted by atomic mass is 9.99. The highest BCUT2D eigenvalue weighted by Crippen LogP contribution is 2.53. The number of anilines is 2. The minimum Gasteiger partial charge on any atom is -0.397 e. The van der Waals surface area contributed by atoms with Gasteiger partial charge in [0.1, 0.15) is 23.0 Å². The third-order valence-electron chi connectivity index (χ3n) is 2.93. The second-order valence-electron chi connectivity index (χ2n) is 4.36. The first-order chi connectivity index (χ1) is 11.1. The molecule has 0 aromatic heterocycles. The summed E-state index contributed by atoms with van der Waals surface area (Å²) in [6.07, 6.45) is -5.12. The second-order valence-corrected chi connectivity index (χ2v) is 6.31. The van der Waals surface area contributed by atoms with E-state index in [1.54, 1.807) is 0 Å². The highest BCUT2D eigenvalue weighted by atomic mass is 31.2. The summed E-state index contributed by atoms with van der Waals surface area (Å²) in [5, 5.41) is 17.1. The summed E-state index contributed by atoms with van der Waals surface area (Å²) in [5.74, 6) is 0. The van der Waals surface area contributed by atoms with E-state index >= 15 is 0 Å². The highest BCUT2D eigenvalue weighted by Gasteiger charge is 2.46. The number of nitrogens with two attached hydrogens (primary N) is 2. The smallest absolute Gasteiger partial charge is 0.397 e. The molecule has 0 atom stereocenters. The number of hydrogen-bond donors (Lipinski definition) is 2. The van der Waals surface area contributed by atoms with Crippen LogP contribution in [0.4, 0.5) is 24.5 Å². The molecule has 0 unspecified atom stereocenters. The lowest BCUT2D eigenvalue weighted by molar-refractivity contribution is -0.137. The van der Waals surface area contributed by atoms with Crippen molar-refractivity contribution in [2.45, 2.75) is 20.0 Å². The third-order valence-corrected chi connectivity index (χ3v) is 5.14. The van der Waals surface area contributed by atoms with Gasteiger partial charge in [-0.3, -0.25) is 4.57 Å². The van der Waals surface area contributed by atoms with E-state index in [1.807, 2.05) is 0 Å². The fraction of sp³-hybridized carbons (Fsp3) is 0.385. The highest BCUT2D eigenvalue weighted by molar-refractivity contribution is 7.62. The summed E-state index contributed by atoms with van der Waals surface area (Å²) in [7, 11) is -4.55. The van der Waals surface area contributed by atoms with Gasteiger partial charge in [0.05, 0.1) is 35.7 Å². The average molecular weight is 362 g/mol. The fourth-order valence-corrected chi connectivity index (χ4v) is 4.01. The van der Waals surface area contributed by atoms with Crippen molar-refractivity contribution < 1.29 is 26.8 Å². The molecule has 0 heterocycles. The molecule has 0 aliphatic rings. The largest absolute Gasteiger partial charge is 0.418 e. The van der Waals surface area contributed by atoms with E-state index in [0.717, 1.165) is 0 Å². The molecule has 0 spiro atoms. The lowest BCUT2D eigenvalue weighted by Crippen LogP contribution is -2.28. The van der Waals surface area contributed by atoms with Crippen LogP contribution in [0.25, 0.3) is 0 Å². The normalized spacial score (nSPS) is 11.8. The molecule has 0 fully saturated rings. The van der Waals surface area contributed by atoms with Crippen molar-refractivity contribution in [3.8, 4) is 12.1 Å². The van der Waals surface area contributed by atoms with Crippen molar-refractivity contribution in [1.29, 1.82) is 10.5 Å². The molecule has 0 aliphatic heterocycles. The Morgan fingerprint density at radius 2 is 1.50 bits per heavy atom. The average Bonchev–Trinajstić information content (AvgIpc) is 2.46. The van der Waals surface area contributed by atoms with E-state index in [9.17, 15) is 17.7 Å². The number of nitrogens with zero attached hydrogens (tertiary/aromatic N) is 2. The van der Waals surface area contributed by atoms with Crippen LogP contribution >= 0.6 is 7.60 Å². The molecule has 24 heavy (non-hydrogen) atoms. The van der Waals surface area contributed by atoms with Crippen LogP contribution in [0.5, 0.6) is 0 Å². The Kier molecular flexibility index (Phi) is 5.85. The van der Waals surface area contributed by atoms with Gasteiger partial charge in [0.25, 0.3) is 0 Å². The lowest BCUT2D eigenvalue weighted by Gasteiger charge is -2.24. The number of hydrogen-bond acceptors (Lipinski definition) is 7. The Bertz CT molecular complexity index is 771. The zero-order valence-electron chi connectivity index (χ0n) is 12.8. The first kappa shape index (κ1) is 19.8. The summed E-state index contributed by atoms with van der Waals surface area (Å²) >= 11 is 0. The van der Waals surface area contributed by atoms with E-state index in [0.29, 0.717) is 0 Å². The van der Waals surface area contributed by atoms with Gasteiger partial charge in [0.15, 0.2) is 0 Å². The summed E-state index contributed by atoms with van der Waals surface area (Å²) in [6, 6.07) is 2.80. The van der Waals surface area contributed by atoms with E-state index in [2.05, 4.69) is 0 Å². The van der Waals surface area contributed by atoms with Crippen LogP contribution in [-0.4, -0.2) is 13.2 Å². The van der Waals surface area contributed by atoms with Gasteiger partial charge in [-0.2, -0.15) is 23.7 Å². The summed E-state index contributed by atoms with van der Waals surface area (Å²) in [5.41, 5.74) is 6.29. The molecule has 1 aromatic rings. The van der Waals surface area contributed by atoms with Crippen LogP contribution in [0.2, 0.25) is 0 Å². The number of halogens is 3. The van der Waals surface area contributed by atoms with Crippen LogP contribution < -0.4 is 16.8 Å². The van der Waals surface area contributed by atoms with E-state index in [-0.39, 0.29) is 13.2 Å². The van der Waals surface area contributed by atoms with Crippen molar-refractivity contribution >= 4 is 24.3 Å². The van der Waals surface area contributed by atoms with Gasteiger partial charge in [-0.15, -0.1) is 0 Å².